The average molecular weight is 342 g/mol. The molecule has 0 amide bonds. The van der Waals surface area contributed by atoms with Crippen molar-refractivity contribution in [2.45, 2.75) is 77.8 Å². The zero-order valence-electron chi connectivity index (χ0n) is 16.3. The van der Waals surface area contributed by atoms with Gasteiger partial charge in [0, 0.05) is 25.8 Å². The fourth-order valence-electron chi connectivity index (χ4n) is 4.16. The van der Waals surface area contributed by atoms with E-state index in [9.17, 15) is 9.59 Å². The van der Waals surface area contributed by atoms with Crippen LogP contribution in [-0.2, 0) is 14.3 Å². The topological polar surface area (TPSA) is 46.6 Å². The van der Waals surface area contributed by atoms with Crippen LogP contribution in [-0.4, -0.2) is 67.1 Å². The quantitative estimate of drug-likeness (QED) is 0.438. The lowest BCUT2D eigenvalue weighted by Gasteiger charge is -2.34. The smallest absolute Gasteiger partial charge is 0.369 e. The summed E-state index contributed by atoms with van der Waals surface area (Å²) in [7, 11) is 4.32. The molecule has 0 saturated carbocycles. The molecule has 3 unspecified atom stereocenters. The Morgan fingerprint density at radius 3 is 2.38 bits per heavy atom. The highest BCUT2D eigenvalue weighted by atomic mass is 16.6. The Labute approximate surface area is 147 Å². The van der Waals surface area contributed by atoms with Gasteiger partial charge in [0.15, 0.2) is 6.54 Å². The zero-order valence-corrected chi connectivity index (χ0v) is 16.3. The predicted octanol–water partition coefficient (Wildman–Crippen LogP) is 2.98. The number of likely N-dealkylation sites (tertiary alicyclic amines) is 2. The van der Waals surface area contributed by atoms with Gasteiger partial charge in [0.25, 0.3) is 0 Å². The summed E-state index contributed by atoms with van der Waals surface area (Å²) in [4.78, 5) is 24.7. The van der Waals surface area contributed by atoms with E-state index in [-0.39, 0.29) is 0 Å². The second-order valence-corrected chi connectivity index (χ2v) is 7.60. The first-order chi connectivity index (χ1) is 11.3. The van der Waals surface area contributed by atoms with Crippen LogP contribution >= 0.6 is 0 Å². The van der Waals surface area contributed by atoms with E-state index in [1.165, 1.54) is 39.2 Å². The Morgan fingerprint density at radius 1 is 1.21 bits per heavy atom. The number of hydrogen-bond donors (Lipinski definition) is 0. The number of nitrogens with zero attached hydrogens (tertiary/aromatic N) is 2. The molecule has 0 N–H and O–H groups in total. The maximum atomic E-state index is 11.5. The van der Waals surface area contributed by atoms with Crippen molar-refractivity contribution in [1.82, 2.24) is 4.90 Å². The lowest BCUT2D eigenvalue weighted by Crippen LogP contribution is -2.51. The molecule has 2 aliphatic rings. The number of carbonyl (C=O) groups excluding carboxylic acids is 2. The second-order valence-electron chi connectivity index (χ2n) is 7.60. The Morgan fingerprint density at radius 2 is 1.92 bits per heavy atom. The van der Waals surface area contributed by atoms with E-state index in [0.717, 1.165) is 36.3 Å². The monoisotopic (exact) mass is 341 g/mol. The van der Waals surface area contributed by atoms with Gasteiger partial charge in [-0.3, -0.25) is 4.79 Å². The van der Waals surface area contributed by atoms with Crippen molar-refractivity contribution in [1.29, 1.82) is 0 Å². The van der Waals surface area contributed by atoms with Gasteiger partial charge < -0.3 is 14.1 Å². The highest BCUT2D eigenvalue weighted by molar-refractivity contribution is 5.84. The van der Waals surface area contributed by atoms with E-state index in [0.29, 0.717) is 12.6 Å². The number of esters is 2. The fraction of sp³-hybridized carbons (Fsp3) is 0.895. The van der Waals surface area contributed by atoms with Crippen LogP contribution in [0.5, 0.6) is 0 Å². The van der Waals surface area contributed by atoms with Crippen LogP contribution in [0.4, 0.5) is 0 Å². The van der Waals surface area contributed by atoms with Gasteiger partial charge in [-0.2, -0.15) is 0 Å². The van der Waals surface area contributed by atoms with E-state index < -0.39 is 11.9 Å². The molecule has 5 heteroatoms. The SMILES string of the molecule is CCC1CCCN1C.CCCC1CCC[N+]1(C)CC(=O)OC(C)=O. The molecule has 0 spiro atoms. The maximum Gasteiger partial charge on any atom is 0.369 e. The molecule has 2 rings (SSSR count). The molecule has 140 valence electrons. The first-order valence-corrected chi connectivity index (χ1v) is 9.58. The Bertz CT molecular complexity index is 413. The van der Waals surface area contributed by atoms with Crippen molar-refractivity contribution >= 4 is 11.9 Å². The van der Waals surface area contributed by atoms with Crippen molar-refractivity contribution < 1.29 is 18.8 Å². The predicted molar refractivity (Wildman–Crippen MR) is 96.6 cm³/mol. The number of ether oxygens (including phenoxy) is 1. The van der Waals surface area contributed by atoms with E-state index in [2.05, 4.69) is 37.6 Å². The molecule has 2 heterocycles. The Kier molecular flexibility index (Phi) is 8.92. The summed E-state index contributed by atoms with van der Waals surface area (Å²) in [6.45, 7) is 8.36. The molecule has 2 fully saturated rings. The van der Waals surface area contributed by atoms with Gasteiger partial charge in [-0.05, 0) is 39.3 Å². The highest BCUT2D eigenvalue weighted by Crippen LogP contribution is 2.27. The van der Waals surface area contributed by atoms with Crippen LogP contribution in [0.1, 0.15) is 65.7 Å². The average Bonchev–Trinajstić information content (AvgIpc) is 3.05. The van der Waals surface area contributed by atoms with Gasteiger partial charge in [-0.1, -0.05) is 20.3 Å². The number of likely N-dealkylation sites (N-methyl/N-ethyl adjacent to an activating group) is 1. The largest absolute Gasteiger partial charge is 0.389 e. The summed E-state index contributed by atoms with van der Waals surface area (Å²) < 4.78 is 5.35. The third-order valence-electron chi connectivity index (χ3n) is 5.60. The lowest BCUT2D eigenvalue weighted by atomic mass is 10.1. The first kappa shape index (κ1) is 21.1. The van der Waals surface area contributed by atoms with Gasteiger partial charge in [0.2, 0.25) is 0 Å². The van der Waals surface area contributed by atoms with Crippen LogP contribution in [0.3, 0.4) is 0 Å². The molecule has 0 bridgehead atoms. The molecule has 0 aromatic rings. The van der Waals surface area contributed by atoms with Crippen molar-refractivity contribution in [2.75, 3.05) is 33.7 Å². The normalized spacial score (nSPS) is 29.9. The molecule has 24 heavy (non-hydrogen) atoms. The number of carbonyl (C=O) groups is 2. The highest BCUT2D eigenvalue weighted by Gasteiger charge is 2.39. The summed E-state index contributed by atoms with van der Waals surface area (Å²) in [6.07, 6.45) is 8.79. The molecule has 3 atom stereocenters. The van der Waals surface area contributed by atoms with Crippen LogP contribution < -0.4 is 0 Å². The van der Waals surface area contributed by atoms with Crippen molar-refractivity contribution in [3.8, 4) is 0 Å². The van der Waals surface area contributed by atoms with Crippen molar-refractivity contribution in [3.63, 3.8) is 0 Å². The molecular weight excluding hydrogens is 304 g/mol. The molecular formula is C19H37N2O3+. The van der Waals surface area contributed by atoms with Gasteiger partial charge in [0.05, 0.1) is 19.6 Å². The molecule has 2 saturated heterocycles. The Hall–Kier alpha value is -0.940. The van der Waals surface area contributed by atoms with Crippen LogP contribution in [0.25, 0.3) is 0 Å². The molecule has 5 nitrogen and oxygen atoms in total. The summed E-state index contributed by atoms with van der Waals surface area (Å²) in [5.41, 5.74) is 0. The first-order valence-electron chi connectivity index (χ1n) is 9.58. The van der Waals surface area contributed by atoms with E-state index in [1.54, 1.807) is 0 Å². The number of hydrogen-bond acceptors (Lipinski definition) is 4. The standard InChI is InChI=1S/C12H22NO3.C7H15N/c1-4-6-11-7-5-8-13(11,3)9-12(15)16-10(2)14;1-3-7-5-4-6-8(7)2/h11H,4-9H2,1-3H3;7H,3-6H2,1-2H3/q+1;. The summed E-state index contributed by atoms with van der Waals surface area (Å²) in [6, 6.07) is 1.44. The summed E-state index contributed by atoms with van der Waals surface area (Å²) in [5.74, 6) is -0.902. The van der Waals surface area contributed by atoms with Crippen molar-refractivity contribution in [2.24, 2.45) is 0 Å². The minimum absolute atomic E-state index is 0.324. The molecule has 0 aromatic heterocycles. The maximum absolute atomic E-state index is 11.5. The van der Waals surface area contributed by atoms with Gasteiger partial charge >= 0.3 is 11.9 Å². The second kappa shape index (κ2) is 10.1. The van der Waals surface area contributed by atoms with E-state index in [4.69, 9.17) is 0 Å². The van der Waals surface area contributed by atoms with Crippen LogP contribution in [0, 0.1) is 0 Å². The molecule has 0 radical (unpaired) electrons. The van der Waals surface area contributed by atoms with Gasteiger partial charge in [-0.25, -0.2) is 4.79 Å². The van der Waals surface area contributed by atoms with Gasteiger partial charge in [0.1, 0.15) is 0 Å². The lowest BCUT2D eigenvalue weighted by molar-refractivity contribution is -0.914. The Balaban J connectivity index is 0.000000300. The summed E-state index contributed by atoms with van der Waals surface area (Å²) in [5, 5.41) is 0. The molecule has 0 aromatic carbocycles. The van der Waals surface area contributed by atoms with Crippen LogP contribution in [0.2, 0.25) is 0 Å². The third-order valence-corrected chi connectivity index (χ3v) is 5.60. The number of rotatable bonds is 5. The fourth-order valence-corrected chi connectivity index (χ4v) is 4.16. The van der Waals surface area contributed by atoms with Crippen LogP contribution in [0.15, 0.2) is 0 Å². The van der Waals surface area contributed by atoms with E-state index >= 15 is 0 Å². The van der Waals surface area contributed by atoms with Crippen molar-refractivity contribution in [3.05, 3.63) is 0 Å². The zero-order chi connectivity index (χ0) is 18.2. The third kappa shape index (κ3) is 6.52. The van der Waals surface area contributed by atoms with Gasteiger partial charge in [-0.15, -0.1) is 0 Å². The summed E-state index contributed by atoms with van der Waals surface area (Å²) >= 11 is 0. The minimum Gasteiger partial charge on any atom is -0.389 e. The molecule has 2 aliphatic heterocycles. The van der Waals surface area contributed by atoms with E-state index in [1.807, 2.05) is 0 Å². The minimum atomic E-state index is -0.511. The molecule has 0 aliphatic carbocycles. The number of quaternary nitrogens is 1.